The molecular formula is C23H26N4O3. The number of nitrogen functional groups attached to an aromatic ring is 2. The van der Waals surface area contributed by atoms with E-state index in [0.717, 1.165) is 46.6 Å². The van der Waals surface area contributed by atoms with Crippen LogP contribution in [-0.4, -0.2) is 27.8 Å². The highest BCUT2D eigenvalue weighted by Crippen LogP contribution is 2.42. The molecule has 0 bridgehead atoms. The molecule has 7 heteroatoms. The first-order chi connectivity index (χ1) is 14.5. The maximum absolute atomic E-state index is 9.70. The van der Waals surface area contributed by atoms with Crippen LogP contribution in [0.5, 0.6) is 17.2 Å². The van der Waals surface area contributed by atoms with Crippen molar-refractivity contribution in [2.75, 3.05) is 18.1 Å². The van der Waals surface area contributed by atoms with Crippen LogP contribution in [0.4, 0.5) is 11.8 Å². The summed E-state index contributed by atoms with van der Waals surface area (Å²) in [5.74, 6) is 2.23. The number of aromatic hydroxyl groups is 1. The highest BCUT2D eigenvalue weighted by Gasteiger charge is 2.23. The van der Waals surface area contributed by atoms with Crippen LogP contribution in [0.15, 0.2) is 42.6 Å². The molecule has 0 unspecified atom stereocenters. The second-order valence-electron chi connectivity index (χ2n) is 7.43. The number of aromatic nitrogens is 2. The molecule has 7 nitrogen and oxygen atoms in total. The Labute approximate surface area is 175 Å². The minimum Gasteiger partial charge on any atom is -0.508 e. The van der Waals surface area contributed by atoms with Crippen molar-refractivity contribution in [3.05, 3.63) is 53.7 Å². The number of anilines is 2. The third-order valence-electron chi connectivity index (χ3n) is 5.24. The number of phenolic OH excluding ortho intramolecular Hbond substituents is 1. The van der Waals surface area contributed by atoms with E-state index in [2.05, 4.69) is 9.97 Å². The van der Waals surface area contributed by atoms with Crippen LogP contribution in [0.25, 0.3) is 11.1 Å². The lowest BCUT2D eigenvalue weighted by Gasteiger charge is -2.28. The highest BCUT2D eigenvalue weighted by molar-refractivity contribution is 5.78. The fraction of sp³-hybridized carbons (Fsp3) is 0.304. The Kier molecular flexibility index (Phi) is 5.61. The van der Waals surface area contributed by atoms with Gasteiger partial charge in [0.05, 0.1) is 18.3 Å². The number of ether oxygens (including phenoxy) is 2. The Hall–Kier alpha value is -3.48. The largest absolute Gasteiger partial charge is 0.508 e. The first kappa shape index (κ1) is 19.8. The van der Waals surface area contributed by atoms with Crippen LogP contribution in [0.2, 0.25) is 0 Å². The average Bonchev–Trinajstić information content (AvgIpc) is 2.68. The topological polar surface area (TPSA) is 117 Å². The number of nitrogens with zero attached hydrogens (tertiary/aromatic N) is 2. The number of hydrogen-bond acceptors (Lipinski definition) is 7. The van der Waals surface area contributed by atoms with Crippen molar-refractivity contribution >= 4 is 11.8 Å². The highest BCUT2D eigenvalue weighted by atomic mass is 16.5. The van der Waals surface area contributed by atoms with Crippen molar-refractivity contribution in [3.63, 3.8) is 0 Å². The van der Waals surface area contributed by atoms with E-state index < -0.39 is 0 Å². The average molecular weight is 406 g/mol. The van der Waals surface area contributed by atoms with Crippen LogP contribution in [0, 0.1) is 0 Å². The van der Waals surface area contributed by atoms with Gasteiger partial charge in [0.1, 0.15) is 23.1 Å². The van der Waals surface area contributed by atoms with Crippen molar-refractivity contribution in [2.45, 2.75) is 38.7 Å². The smallest absolute Gasteiger partial charge is 0.221 e. The quantitative estimate of drug-likeness (QED) is 0.544. The molecule has 30 heavy (non-hydrogen) atoms. The van der Waals surface area contributed by atoms with Gasteiger partial charge in [0, 0.05) is 18.2 Å². The Morgan fingerprint density at radius 2 is 1.83 bits per heavy atom. The molecule has 0 aliphatic heterocycles. The molecule has 1 saturated carbocycles. The molecule has 1 aliphatic carbocycles. The van der Waals surface area contributed by atoms with E-state index in [-0.39, 0.29) is 17.8 Å². The number of rotatable bonds is 7. The number of nitrogens with two attached hydrogens (primary N) is 2. The normalized spacial score (nSPS) is 13.6. The van der Waals surface area contributed by atoms with Gasteiger partial charge in [-0.3, -0.25) is 0 Å². The molecular weight excluding hydrogens is 380 g/mol. The van der Waals surface area contributed by atoms with Gasteiger partial charge in [-0.25, -0.2) is 4.98 Å². The summed E-state index contributed by atoms with van der Waals surface area (Å²) >= 11 is 0. The van der Waals surface area contributed by atoms with Gasteiger partial charge in [-0.05, 0) is 61.6 Å². The van der Waals surface area contributed by atoms with Gasteiger partial charge in [0.15, 0.2) is 0 Å². The molecule has 1 fully saturated rings. The zero-order valence-electron chi connectivity index (χ0n) is 17.0. The second kappa shape index (κ2) is 8.49. The number of benzene rings is 2. The molecule has 4 rings (SSSR count). The fourth-order valence-corrected chi connectivity index (χ4v) is 3.48. The minimum absolute atomic E-state index is 0.155. The van der Waals surface area contributed by atoms with Gasteiger partial charge < -0.3 is 26.0 Å². The van der Waals surface area contributed by atoms with Gasteiger partial charge >= 0.3 is 0 Å². The molecule has 3 aromatic rings. The summed E-state index contributed by atoms with van der Waals surface area (Å²) < 4.78 is 12.4. The van der Waals surface area contributed by atoms with E-state index in [9.17, 15) is 5.11 Å². The van der Waals surface area contributed by atoms with E-state index in [1.165, 1.54) is 6.42 Å². The summed E-state index contributed by atoms with van der Waals surface area (Å²) in [4.78, 5) is 8.12. The summed E-state index contributed by atoms with van der Waals surface area (Å²) in [6.45, 7) is 2.47. The first-order valence-electron chi connectivity index (χ1n) is 10.2. The van der Waals surface area contributed by atoms with Gasteiger partial charge in [0.25, 0.3) is 0 Å². The summed E-state index contributed by atoms with van der Waals surface area (Å²) in [6.07, 6.45) is 5.65. The lowest BCUT2D eigenvalue weighted by Crippen LogP contribution is -2.25. The lowest BCUT2D eigenvalue weighted by molar-refractivity contribution is 0.120. The standard InChI is InChI=1S/C23H26N4O3/c1-2-29-19-11-14(10-16-13-26-23(25)27-22(16)24)12-20(30-18-4-3-5-18)21(19)15-6-8-17(28)9-7-15/h6-9,11-13,18,28H,2-5,10H2,1H3,(H4,24,25,26,27). The van der Waals surface area contributed by atoms with Gasteiger partial charge in [-0.2, -0.15) is 4.98 Å². The SMILES string of the molecule is CCOc1cc(Cc2cnc(N)nc2N)cc(OC2CCC2)c1-c1ccc(O)cc1. The molecule has 0 saturated heterocycles. The van der Waals surface area contributed by atoms with Gasteiger partial charge in [0.2, 0.25) is 5.95 Å². The molecule has 0 spiro atoms. The molecule has 1 aromatic heterocycles. The lowest BCUT2D eigenvalue weighted by atomic mass is 9.95. The minimum atomic E-state index is 0.155. The van der Waals surface area contributed by atoms with Crippen LogP contribution in [-0.2, 0) is 6.42 Å². The van der Waals surface area contributed by atoms with Crippen LogP contribution < -0.4 is 20.9 Å². The molecule has 5 N–H and O–H groups in total. The molecule has 0 amide bonds. The van der Waals surface area contributed by atoms with Crippen molar-refractivity contribution in [2.24, 2.45) is 0 Å². The van der Waals surface area contributed by atoms with E-state index in [4.69, 9.17) is 20.9 Å². The zero-order valence-corrected chi connectivity index (χ0v) is 17.0. The van der Waals surface area contributed by atoms with E-state index >= 15 is 0 Å². The van der Waals surface area contributed by atoms with Gasteiger partial charge in [-0.1, -0.05) is 12.1 Å². The summed E-state index contributed by atoms with van der Waals surface area (Å²) in [6, 6.07) is 11.1. The molecule has 2 aromatic carbocycles. The Bertz CT molecular complexity index is 1030. The molecule has 1 aliphatic rings. The predicted octanol–water partition coefficient (Wildman–Crippen LogP) is 3.93. The van der Waals surface area contributed by atoms with Crippen molar-refractivity contribution in [1.82, 2.24) is 9.97 Å². The first-order valence-corrected chi connectivity index (χ1v) is 10.2. The Balaban J connectivity index is 1.78. The van der Waals surface area contributed by atoms with Crippen molar-refractivity contribution in [1.29, 1.82) is 0 Å². The molecule has 156 valence electrons. The maximum Gasteiger partial charge on any atom is 0.221 e. The zero-order chi connectivity index (χ0) is 21.1. The number of phenols is 1. The third kappa shape index (κ3) is 4.25. The molecule has 1 heterocycles. The summed E-state index contributed by atoms with van der Waals surface area (Å²) in [5, 5.41) is 9.70. The van der Waals surface area contributed by atoms with Crippen LogP contribution in [0.1, 0.15) is 37.3 Å². The fourth-order valence-electron chi connectivity index (χ4n) is 3.48. The Morgan fingerprint density at radius 1 is 1.10 bits per heavy atom. The third-order valence-corrected chi connectivity index (χ3v) is 5.24. The summed E-state index contributed by atoms with van der Waals surface area (Å²) in [7, 11) is 0. The predicted molar refractivity (Wildman–Crippen MR) is 117 cm³/mol. The van der Waals surface area contributed by atoms with E-state index in [1.807, 2.05) is 31.2 Å². The van der Waals surface area contributed by atoms with E-state index in [1.54, 1.807) is 18.3 Å². The second-order valence-corrected chi connectivity index (χ2v) is 7.43. The van der Waals surface area contributed by atoms with Crippen LogP contribution in [0.3, 0.4) is 0 Å². The molecule has 0 atom stereocenters. The van der Waals surface area contributed by atoms with Crippen LogP contribution >= 0.6 is 0 Å². The van der Waals surface area contributed by atoms with Crippen molar-refractivity contribution < 1.29 is 14.6 Å². The Morgan fingerprint density at radius 3 is 2.47 bits per heavy atom. The summed E-state index contributed by atoms with van der Waals surface area (Å²) in [5.41, 5.74) is 15.2. The maximum atomic E-state index is 9.70. The monoisotopic (exact) mass is 406 g/mol. The molecule has 0 radical (unpaired) electrons. The number of hydrogen-bond donors (Lipinski definition) is 3. The van der Waals surface area contributed by atoms with Gasteiger partial charge in [-0.15, -0.1) is 0 Å². The van der Waals surface area contributed by atoms with E-state index in [0.29, 0.717) is 18.8 Å². The van der Waals surface area contributed by atoms with Crippen molar-refractivity contribution in [3.8, 4) is 28.4 Å².